The fourth-order valence-corrected chi connectivity index (χ4v) is 11.1. The third kappa shape index (κ3) is 16.8. The molecule has 24 heteroatoms. The molecule has 6 N–H and O–H groups in total. The Kier molecular flexibility index (Phi) is 10.8. The molecule has 3 aliphatic heterocycles. The van der Waals surface area contributed by atoms with Crippen LogP contribution in [0.3, 0.4) is 0 Å². The van der Waals surface area contributed by atoms with Crippen molar-refractivity contribution in [2.24, 2.45) is 0 Å². The highest BCUT2D eigenvalue weighted by molar-refractivity contribution is 7.22. The van der Waals surface area contributed by atoms with Crippen molar-refractivity contribution in [1.29, 1.82) is 0 Å². The van der Waals surface area contributed by atoms with Gasteiger partial charge in [-0.1, -0.05) is 63.6 Å². The summed E-state index contributed by atoms with van der Waals surface area (Å²) in [5.74, 6) is -10.5. The first-order valence-electron chi connectivity index (χ1n) is 46.5. The minimum atomic E-state index is -3.21. The predicted molar refractivity (Wildman–Crippen MR) is 361 cm³/mol. The van der Waals surface area contributed by atoms with Gasteiger partial charge in [0.25, 0.3) is 17.7 Å². The molecule has 3 amide bonds. The number of fused-ring (bicyclic) bond motifs is 3. The van der Waals surface area contributed by atoms with E-state index in [0.717, 1.165) is 91.4 Å². The number of hydrogen-bond donors (Lipinski definition) is 6. The minimum absolute atomic E-state index is 0.00109. The first-order valence-corrected chi connectivity index (χ1v) is 29.4. The summed E-state index contributed by atoms with van der Waals surface area (Å²) in [5.41, 5.74) is -2.12. The van der Waals surface area contributed by atoms with Gasteiger partial charge in [0.05, 0.1) is 39.8 Å². The number of nitrogens with one attached hydrogen (secondary N) is 6. The van der Waals surface area contributed by atoms with Crippen LogP contribution in [-0.4, -0.2) is 141 Å². The van der Waals surface area contributed by atoms with Crippen LogP contribution in [0.5, 0.6) is 0 Å². The van der Waals surface area contributed by atoms with E-state index in [1.54, 1.807) is 13.8 Å². The number of rotatable bonds is 17. The number of nitrogens with zero attached hydrogens (tertiary/aromatic N) is 9. The van der Waals surface area contributed by atoms with Gasteiger partial charge in [-0.05, 0) is 121 Å². The average Bonchev–Trinajstić information content (AvgIpc) is 1.07. The lowest BCUT2D eigenvalue weighted by Crippen LogP contribution is -2.38. The van der Waals surface area contributed by atoms with Crippen LogP contribution in [0.2, 0.25) is 12.8 Å². The molecular formula is C66H78ClF2N15O3S3. The number of hydrogen-bond acceptors (Lipinski definition) is 18. The fourth-order valence-electron chi connectivity index (χ4n) is 8.33. The van der Waals surface area contributed by atoms with Crippen LogP contribution in [0.25, 0.3) is 30.6 Å². The number of benzene rings is 3. The molecule has 3 fully saturated rings. The van der Waals surface area contributed by atoms with Gasteiger partial charge in [0.1, 0.15) is 65.3 Å². The van der Waals surface area contributed by atoms with Crippen molar-refractivity contribution >= 4 is 111 Å². The number of halogens is 3. The van der Waals surface area contributed by atoms with Crippen LogP contribution in [0, 0.1) is 11.6 Å². The number of amides is 3. The molecule has 9 heterocycles. The molecule has 90 heavy (non-hydrogen) atoms. The van der Waals surface area contributed by atoms with Crippen molar-refractivity contribution in [2.75, 3.05) is 76.1 Å². The molecule has 3 saturated heterocycles. The van der Waals surface area contributed by atoms with Crippen LogP contribution in [0.4, 0.5) is 26.2 Å². The highest BCUT2D eigenvalue weighted by atomic mass is 35.5. The second kappa shape index (κ2) is 30.6. The van der Waals surface area contributed by atoms with E-state index in [1.165, 1.54) is 38.1 Å². The maximum atomic E-state index is 14.5. The zero-order valence-electron chi connectivity index (χ0n) is 87.6. The lowest BCUT2D eigenvalue weighted by molar-refractivity contribution is 0.0950. The molecule has 0 radical (unpaired) electrons. The molecule has 3 aliphatic rings. The number of aromatic nitrogens is 6. The molecule has 0 aliphatic carbocycles. The van der Waals surface area contributed by atoms with Gasteiger partial charge in [0, 0.05) is 149 Å². The Morgan fingerprint density at radius 3 is 1.47 bits per heavy atom. The van der Waals surface area contributed by atoms with E-state index < -0.39 is 223 Å². The summed E-state index contributed by atoms with van der Waals surface area (Å²) in [6.07, 6.45) is -17.6. The molecule has 0 spiro atoms. The van der Waals surface area contributed by atoms with Crippen LogP contribution < -0.4 is 31.9 Å². The Morgan fingerprint density at radius 2 is 1.01 bits per heavy atom. The summed E-state index contributed by atoms with van der Waals surface area (Å²) < 4.78 is 359. The molecule has 6 aromatic heterocycles. The van der Waals surface area contributed by atoms with Gasteiger partial charge in [0.2, 0.25) is 0 Å². The smallest absolute Gasteiger partial charge is 0.254 e. The number of carbonyl (C=O) groups is 3. The minimum Gasteiger partial charge on any atom is -0.367 e. The average molecular weight is 1340 g/mol. The third-order valence-electron chi connectivity index (χ3n) is 12.7. The molecule has 0 bridgehead atoms. The number of carbonyl (C=O) groups excluding carboxylic acids is 3. The molecule has 3 atom stereocenters. The molecule has 9 aromatic rings. The SMILES string of the molecule is [2H]c1c(C([2H])(C)C)sc2ncnc(N([2H])C3([2H])C([2H])([2H])CN(C([2H])c4cccc(C(=O)N([2H])C([2H])([2H])[2H])c4)CC3([2H])[2H])c12.[2H]c1nc(N([2H])C2([2H])C([2H])([2H])CN(C([2H])c3ccc(F)c(C(=O)N([2H])C([2H])([2H])[2H])c3)CC2([2H])[2H])c2c([2H])c(C([2H])(C)C)sc2n1.[2H]c1nc(N([2H])C2([2H])C([2H])([2H])CN(C([2H])c3ccc(F)c(C(=O)N([2H])C([2H])([2H])[2H])c3)CC2([2H])[2H])c2c([2H])c(Cl)sc2n1. The highest BCUT2D eigenvalue weighted by Gasteiger charge is 2.26. The number of thiophene rings is 3. The van der Waals surface area contributed by atoms with Gasteiger partial charge in [-0.2, -0.15) is 0 Å². The van der Waals surface area contributed by atoms with E-state index in [-0.39, 0.29) is 102 Å². The van der Waals surface area contributed by atoms with Gasteiger partial charge in [-0.25, -0.2) is 38.7 Å². The van der Waals surface area contributed by atoms with Gasteiger partial charge in [0.15, 0.2) is 8.47 Å². The maximum Gasteiger partial charge on any atom is 0.254 e. The highest BCUT2D eigenvalue weighted by Crippen LogP contribution is 2.36. The molecular weight excluding hydrogens is 1220 g/mol. The quantitative estimate of drug-likeness (QED) is 0.0501. The van der Waals surface area contributed by atoms with Gasteiger partial charge in [-0.3, -0.25) is 29.1 Å². The van der Waals surface area contributed by atoms with Crippen molar-refractivity contribution < 1.29 is 78.2 Å². The van der Waals surface area contributed by atoms with Crippen molar-refractivity contribution in [3.63, 3.8) is 0 Å². The fraction of sp³-hybridized carbons (Fsp3) is 0.409. The standard InChI is InChI=1S/C23H28FN5OS.C23H29N5OS.C20H21ClFN5OS/c1-14(2)20-11-18-21(26-13-27-23(18)31-20)28-16-6-8-29(9-7-16)12-15-4-5-19(24)17(10-15)22(30)25-3;1-15(2)20-12-19-21(25-14-26-23(19)30-20)27-18-7-9-28(10-8-18)13-16-5-4-6-17(11-16)22(29)24-3;1-23-19(28)14-8-12(2-3-16(14)22)10-27-6-4-13(5-7-27)26-18-15-9-17(21)29-20(15)25-11-24-18/h4-5,10-11,13-14,16H,6-9,12H2,1-3H3,(H,25,30)(H,26,27,28);4-6,11-12,14-15,18H,7-10,13H2,1-3H3,(H,24,29)(H,25,26,27);2-3,8-9,11,13H,4-7,10H2,1H3,(H,23,28)(H,24,25,26)/i3D3,6D2,7D2,11D,12D,13D,14D,16D;3D3,7D2,8D2,12D,13D,15D,18D;1D3,4D2,5D2,9D,10D,11D,13D/hD6. The van der Waals surface area contributed by atoms with E-state index in [2.05, 4.69) is 29.9 Å². The normalized spacial score (nSPS) is 28.1. The predicted octanol–water partition coefficient (Wildman–Crippen LogP) is 12.6. The van der Waals surface area contributed by atoms with Crippen molar-refractivity contribution in [1.82, 2.24) is 60.5 Å². The van der Waals surface area contributed by atoms with Crippen molar-refractivity contribution in [2.45, 2.75) is 115 Å². The number of anilines is 3. The Balaban J connectivity index is 0.000000203. The second-order valence-corrected chi connectivity index (χ2v) is 23.1. The van der Waals surface area contributed by atoms with E-state index in [0.29, 0.717) is 10.2 Å². The van der Waals surface area contributed by atoms with E-state index in [4.69, 9.17) is 66.7 Å². The summed E-state index contributed by atoms with van der Waals surface area (Å²) >= 11 is 8.74. The first kappa shape index (κ1) is 31.8. The molecule has 474 valence electrons. The summed E-state index contributed by atoms with van der Waals surface area (Å²) in [7, 11) is 0. The summed E-state index contributed by atoms with van der Waals surface area (Å²) in [6.45, 7) is -12.7. The Labute approximate surface area is 597 Å². The third-order valence-corrected chi connectivity index (χ3v) is 16.2. The van der Waals surface area contributed by atoms with Crippen LogP contribution in [0.1, 0.15) is 182 Å². The summed E-state index contributed by atoms with van der Waals surface area (Å²) in [4.78, 5) is 64.9. The Morgan fingerprint density at radius 1 is 0.600 bits per heavy atom. The molecule has 3 unspecified atom stereocenters. The van der Waals surface area contributed by atoms with Crippen LogP contribution in [0.15, 0.2) is 97.7 Å². The van der Waals surface area contributed by atoms with Gasteiger partial charge in [-0.15, -0.1) is 34.0 Å². The lowest BCUT2D eigenvalue weighted by atomic mass is 10.0. The molecule has 18 nitrogen and oxygen atoms in total. The van der Waals surface area contributed by atoms with Crippen molar-refractivity contribution in [3.05, 3.63) is 157 Å². The lowest BCUT2D eigenvalue weighted by Gasteiger charge is -2.32. The first-order chi connectivity index (χ1) is 59.0. The number of likely N-dealkylation sites (tertiary alicyclic amines) is 3. The zero-order valence-corrected chi connectivity index (χ0v) is 50.8. The van der Waals surface area contributed by atoms with Crippen LogP contribution in [-0.2, 0) is 19.6 Å². The Bertz CT molecular complexity index is 5790. The van der Waals surface area contributed by atoms with E-state index in [9.17, 15) is 23.2 Å². The topological polar surface area (TPSA) is 210 Å². The van der Waals surface area contributed by atoms with E-state index in [1.807, 2.05) is 0 Å². The van der Waals surface area contributed by atoms with Crippen molar-refractivity contribution in [3.8, 4) is 0 Å². The molecule has 0 saturated carbocycles. The van der Waals surface area contributed by atoms with Gasteiger partial charge >= 0.3 is 0 Å². The molecule has 12 rings (SSSR count). The largest absolute Gasteiger partial charge is 0.367 e. The summed E-state index contributed by atoms with van der Waals surface area (Å²) in [6, 6.07) is 0.626. The van der Waals surface area contributed by atoms with Gasteiger partial charge < -0.3 is 31.9 Å². The summed E-state index contributed by atoms with van der Waals surface area (Å²) in [5, 5.41) is -0.660. The number of piperidine rings is 3. The monoisotopic (exact) mass is 1340 g/mol. The zero-order chi connectivity index (χ0) is 98.5. The maximum absolute atomic E-state index is 14.5. The molecule has 3 aromatic carbocycles. The second-order valence-electron chi connectivity index (χ2n) is 19.5. The van der Waals surface area contributed by atoms with Crippen LogP contribution >= 0.6 is 45.6 Å². The Hall–Kier alpha value is -7.38. The van der Waals surface area contributed by atoms with E-state index >= 15 is 0 Å².